The van der Waals surface area contributed by atoms with Crippen molar-refractivity contribution < 1.29 is 23.4 Å². The van der Waals surface area contributed by atoms with E-state index >= 15 is 0 Å². The van der Waals surface area contributed by atoms with Gasteiger partial charge in [0.15, 0.2) is 66.2 Å². The molecular formula is C80H150N15+5. The van der Waals surface area contributed by atoms with Crippen molar-refractivity contribution in [3.05, 3.63) is 212 Å². The zero-order chi connectivity index (χ0) is 76.3. The fourth-order valence-corrected chi connectivity index (χ4v) is 6.92. The van der Waals surface area contributed by atoms with Gasteiger partial charge in [-0.1, -0.05) is 226 Å². The lowest BCUT2D eigenvalue weighted by Crippen LogP contribution is -2.37. The molecule has 0 fully saturated rings. The first-order valence-electron chi connectivity index (χ1n) is 36.2. The highest BCUT2D eigenvalue weighted by molar-refractivity contribution is 5.39. The highest BCUT2D eigenvalue weighted by Gasteiger charge is 2.11. The summed E-state index contributed by atoms with van der Waals surface area (Å²) >= 11 is 0. The fourth-order valence-electron chi connectivity index (χ4n) is 6.92. The Morgan fingerprint density at radius 2 is 0.526 bits per heavy atom. The van der Waals surface area contributed by atoms with Crippen LogP contribution in [-0.2, 0) is 35.2 Å². The molecule has 0 aliphatic heterocycles. The minimum absolute atomic E-state index is 0.974. The molecule has 10 aromatic rings. The molecule has 0 unspecified atom stereocenters. The van der Waals surface area contributed by atoms with E-state index in [1.54, 1.807) is 6.33 Å². The normalized spacial score (nSPS) is 8.00. The van der Waals surface area contributed by atoms with Gasteiger partial charge in [0.25, 0.3) is 0 Å². The molecule has 540 valence electrons. The van der Waals surface area contributed by atoms with Crippen LogP contribution in [0.1, 0.15) is 236 Å². The van der Waals surface area contributed by atoms with E-state index in [0.29, 0.717) is 0 Å². The third-order valence-electron chi connectivity index (χ3n) is 10.6. The van der Waals surface area contributed by atoms with Gasteiger partial charge in [-0.2, -0.15) is 0 Å². The Morgan fingerprint density at radius 3 is 0.853 bits per heavy atom. The predicted octanol–water partition coefficient (Wildman–Crippen LogP) is 20.4. The number of rotatable bonds is 5. The van der Waals surface area contributed by atoms with Crippen LogP contribution in [0.4, 0.5) is 0 Å². The van der Waals surface area contributed by atoms with Gasteiger partial charge in [0.1, 0.15) is 34.8 Å². The summed E-state index contributed by atoms with van der Waals surface area (Å²) in [7, 11) is 10.0. The van der Waals surface area contributed by atoms with Crippen LogP contribution in [0.5, 0.6) is 0 Å². The molecule has 0 N–H and O–H groups in total. The lowest BCUT2D eigenvalue weighted by Gasteiger charge is -2.02. The molecule has 0 amide bonds. The Kier molecular flexibility index (Phi) is 93.4. The molecular weight excluding hydrogens is 1170 g/mol. The van der Waals surface area contributed by atoms with E-state index in [0.717, 1.165) is 28.5 Å². The van der Waals surface area contributed by atoms with E-state index < -0.39 is 0 Å². The Hall–Kier alpha value is -8.20. The molecule has 15 heteroatoms. The quantitative estimate of drug-likeness (QED) is 0.160. The second-order valence-electron chi connectivity index (χ2n) is 15.3. The maximum Gasteiger partial charge on any atom is 0.195 e. The monoisotopic (exact) mass is 1320 g/mol. The van der Waals surface area contributed by atoms with Gasteiger partial charge in [-0.3, -0.25) is 15.0 Å². The minimum Gasteiger partial charge on any atom is -0.264 e. The summed E-state index contributed by atoms with van der Waals surface area (Å²) in [4.78, 5) is 20.5. The number of aromatic nitrogens is 15. The zero-order valence-corrected chi connectivity index (χ0v) is 69.0. The molecule has 0 aliphatic rings. The van der Waals surface area contributed by atoms with Gasteiger partial charge in [-0.25, -0.2) is 9.97 Å². The molecule has 0 radical (unpaired) electrons. The van der Waals surface area contributed by atoms with Crippen molar-refractivity contribution in [2.75, 3.05) is 0 Å². The number of para-hydroxylation sites is 1. The summed E-state index contributed by atoms with van der Waals surface area (Å²) < 4.78 is 20.4. The van der Waals surface area contributed by atoms with Crippen LogP contribution in [0.3, 0.4) is 0 Å². The summed E-state index contributed by atoms with van der Waals surface area (Å²) in [6, 6.07) is 26.4. The number of benzene rings is 1. The molecule has 0 bridgehead atoms. The van der Waals surface area contributed by atoms with Crippen LogP contribution in [0.25, 0.3) is 28.4 Å². The van der Waals surface area contributed by atoms with Gasteiger partial charge in [-0.15, -0.1) is 46.8 Å². The number of hydrogen-bond acceptors (Lipinski definition) is 5. The largest absolute Gasteiger partial charge is 0.264 e. The molecule has 95 heavy (non-hydrogen) atoms. The Balaban J connectivity index is -0.000000108. The van der Waals surface area contributed by atoms with E-state index in [4.69, 9.17) is 0 Å². The number of aryl methyl sites for hydroxylation is 10. The summed E-state index contributed by atoms with van der Waals surface area (Å²) in [6.45, 7) is 70.2. The van der Waals surface area contributed by atoms with Gasteiger partial charge in [0.2, 0.25) is 0 Å². The van der Waals surface area contributed by atoms with E-state index in [1.807, 2.05) is 422 Å². The molecule has 15 nitrogen and oxygen atoms in total. The molecule has 9 aromatic heterocycles. The van der Waals surface area contributed by atoms with Gasteiger partial charge in [0, 0.05) is 55.1 Å². The van der Waals surface area contributed by atoms with Crippen LogP contribution in [0, 0.1) is 34.6 Å². The Labute approximate surface area is 587 Å². The summed E-state index contributed by atoms with van der Waals surface area (Å²) in [5.41, 5.74) is 11.3. The van der Waals surface area contributed by atoms with Crippen LogP contribution in [-0.4, -0.2) is 48.3 Å². The lowest BCUT2D eigenvalue weighted by atomic mass is 10.2. The molecule has 0 saturated heterocycles. The average molecular weight is 1320 g/mol. The Bertz CT molecular complexity index is 2570. The third kappa shape index (κ3) is 44.2. The topological polar surface area (TPSA) is 108 Å². The summed E-state index contributed by atoms with van der Waals surface area (Å²) in [5.74, 6) is 0. The summed E-state index contributed by atoms with van der Waals surface area (Å²) in [5, 5.41) is 0. The lowest BCUT2D eigenvalue weighted by molar-refractivity contribution is -0.744. The zero-order valence-electron chi connectivity index (χ0n) is 69.0. The Morgan fingerprint density at radius 1 is 0.242 bits per heavy atom. The van der Waals surface area contributed by atoms with Crippen LogP contribution < -0.4 is 23.4 Å². The molecule has 9 heterocycles. The maximum atomic E-state index is 4.24. The fraction of sp³-hybridized carbons (Fsp3) is 0.500. The number of nitrogens with zero attached hydrogens (tertiary/aromatic N) is 15. The first-order chi connectivity index (χ1) is 46.4. The van der Waals surface area contributed by atoms with Crippen molar-refractivity contribution in [2.24, 2.45) is 35.2 Å². The molecule has 0 saturated carbocycles. The van der Waals surface area contributed by atoms with Crippen LogP contribution in [0.15, 0.2) is 184 Å². The highest BCUT2D eigenvalue weighted by Crippen LogP contribution is 2.12. The summed E-state index contributed by atoms with van der Waals surface area (Å²) in [6.07, 6.45) is 32.7. The average Bonchev–Trinajstić information content (AvgIpc) is 1.86. The predicted molar refractivity (Wildman–Crippen MR) is 418 cm³/mol. The van der Waals surface area contributed by atoms with Crippen molar-refractivity contribution in [1.82, 2.24) is 48.3 Å². The minimum atomic E-state index is 0.974. The number of hydrogen-bond donors (Lipinski definition) is 0. The van der Waals surface area contributed by atoms with Crippen molar-refractivity contribution >= 4 is 0 Å². The van der Waals surface area contributed by atoms with E-state index in [2.05, 4.69) is 106 Å². The van der Waals surface area contributed by atoms with Crippen molar-refractivity contribution in [1.29, 1.82) is 0 Å². The molecule has 0 atom stereocenters. The van der Waals surface area contributed by atoms with E-state index in [1.165, 1.54) is 28.1 Å². The van der Waals surface area contributed by atoms with E-state index in [9.17, 15) is 0 Å². The molecule has 1 aromatic carbocycles. The van der Waals surface area contributed by atoms with Gasteiger partial charge >= 0.3 is 0 Å². The van der Waals surface area contributed by atoms with Gasteiger partial charge in [-0.05, 0) is 81.6 Å². The second-order valence-corrected chi connectivity index (χ2v) is 15.3. The SMILES string of the molecule is CC.CC.CC.CC.CC.CC.CC.CC.CC.CC.CC.CC.CC.CC.CC.Cc1ccccc1-n1ccc[n+]1C.Cc1ccncc1-n1ccc[n+]1C.Cc1cnccc1-n1ccc[n+]1C.Cc1ncccc1-n1ccc[n+]1C.Cc1ncncc1-n1ccc[n+]1C. The highest BCUT2D eigenvalue weighted by atomic mass is 15.4. The first-order valence-corrected chi connectivity index (χ1v) is 36.2. The smallest absolute Gasteiger partial charge is 0.195 e. The molecule has 10 rings (SSSR count). The molecule has 0 spiro atoms. The molecule has 0 aliphatic carbocycles. The van der Waals surface area contributed by atoms with Crippen molar-refractivity contribution in [2.45, 2.75) is 242 Å². The standard InChI is InChI=1S/C11H13N2.3C10H12N3.C9H11N4.15C2H6/c1-10-6-3-4-7-11(10)13-9-5-8-12(13)2;1-9-8-11-5-4-10(9)13-7-3-6-12(13)2;1-9-4-5-11-8-10(9)13-7-3-6-12(13)2;1-9-10(5-3-6-11-9)13-8-4-7-12(13)2;1-8-9(6-10-7-11-8)13-5-3-4-12(13)2;15*1-2/h3-9H,1-2H3;3*3-8H,1-2H3;3-7H,1-2H3;15*1-2H3/q5*+1;;;;;;;;;;;;;;;. The van der Waals surface area contributed by atoms with Crippen molar-refractivity contribution in [3.63, 3.8) is 0 Å². The first kappa shape index (κ1) is 108. The van der Waals surface area contributed by atoms with Gasteiger partial charge < -0.3 is 0 Å². The van der Waals surface area contributed by atoms with Crippen LogP contribution >= 0.6 is 0 Å². The van der Waals surface area contributed by atoms with Crippen molar-refractivity contribution in [3.8, 4) is 28.4 Å². The number of pyridine rings is 3. The maximum absolute atomic E-state index is 4.24. The second kappa shape index (κ2) is 81.9. The van der Waals surface area contributed by atoms with Crippen LogP contribution in [0.2, 0.25) is 0 Å². The van der Waals surface area contributed by atoms with E-state index in [-0.39, 0.29) is 0 Å². The van der Waals surface area contributed by atoms with Gasteiger partial charge in [0.05, 0.1) is 54.8 Å². The third-order valence-corrected chi connectivity index (χ3v) is 10.6.